The van der Waals surface area contributed by atoms with E-state index in [4.69, 9.17) is 9.84 Å². The van der Waals surface area contributed by atoms with Crippen LogP contribution >= 0.6 is 0 Å². The summed E-state index contributed by atoms with van der Waals surface area (Å²) in [7, 11) is 0. The average molecular weight is 212 g/mol. The Bertz CT molecular complexity index is 270. The summed E-state index contributed by atoms with van der Waals surface area (Å²) in [6.45, 7) is 2.30. The maximum absolute atomic E-state index is 10.7. The molecule has 1 N–H and O–H groups in total. The van der Waals surface area contributed by atoms with Crippen molar-refractivity contribution in [1.82, 2.24) is 0 Å². The van der Waals surface area contributed by atoms with E-state index in [-0.39, 0.29) is 5.92 Å². The van der Waals surface area contributed by atoms with Gasteiger partial charge in [0.25, 0.3) is 0 Å². The van der Waals surface area contributed by atoms with Crippen molar-refractivity contribution in [3.63, 3.8) is 0 Å². The van der Waals surface area contributed by atoms with Crippen LogP contribution in [0.3, 0.4) is 0 Å². The molecule has 1 aliphatic rings. The Balaban J connectivity index is 2.61. The van der Waals surface area contributed by atoms with Gasteiger partial charge in [-0.05, 0) is 38.2 Å². The number of aldehydes is 1. The molecule has 1 fully saturated rings. The van der Waals surface area contributed by atoms with Crippen LogP contribution < -0.4 is 0 Å². The standard InChI is InChI=1S/C11H16O4/c1-2-15-10(7-12)8-3-5-9(6-4-8)11(13)14/h7,9H,2-6H2,1H3,(H,13,14). The number of rotatable bonds is 4. The molecule has 0 aromatic rings. The van der Waals surface area contributed by atoms with Crippen molar-refractivity contribution >= 4 is 12.3 Å². The zero-order valence-corrected chi connectivity index (χ0v) is 8.86. The third-order valence-corrected chi connectivity index (χ3v) is 2.69. The Morgan fingerprint density at radius 3 is 2.53 bits per heavy atom. The number of carbonyl (C=O) groups is 2. The summed E-state index contributed by atoms with van der Waals surface area (Å²) in [4.78, 5) is 21.4. The first-order valence-corrected chi connectivity index (χ1v) is 5.21. The van der Waals surface area contributed by atoms with Crippen LogP contribution in [0.5, 0.6) is 0 Å². The van der Waals surface area contributed by atoms with E-state index < -0.39 is 5.97 Å². The number of hydrogen-bond donors (Lipinski definition) is 1. The van der Waals surface area contributed by atoms with Gasteiger partial charge in [0.15, 0.2) is 12.0 Å². The highest BCUT2D eigenvalue weighted by molar-refractivity contribution is 5.73. The topological polar surface area (TPSA) is 63.6 Å². The zero-order chi connectivity index (χ0) is 11.3. The monoisotopic (exact) mass is 212 g/mol. The van der Waals surface area contributed by atoms with Gasteiger partial charge < -0.3 is 9.84 Å². The Morgan fingerprint density at radius 2 is 2.13 bits per heavy atom. The van der Waals surface area contributed by atoms with Crippen LogP contribution in [0.4, 0.5) is 0 Å². The van der Waals surface area contributed by atoms with E-state index in [1.165, 1.54) is 0 Å². The molecule has 0 atom stereocenters. The van der Waals surface area contributed by atoms with Crippen molar-refractivity contribution in [3.8, 4) is 0 Å². The number of carboxylic acids is 1. The van der Waals surface area contributed by atoms with Crippen molar-refractivity contribution in [2.45, 2.75) is 32.6 Å². The molecule has 0 bridgehead atoms. The summed E-state index contributed by atoms with van der Waals surface area (Å²) in [6, 6.07) is 0. The van der Waals surface area contributed by atoms with Gasteiger partial charge in [-0.3, -0.25) is 9.59 Å². The lowest BCUT2D eigenvalue weighted by molar-refractivity contribution is -0.142. The molecule has 84 valence electrons. The molecule has 0 amide bonds. The molecule has 0 heterocycles. The summed E-state index contributed by atoms with van der Waals surface area (Å²) >= 11 is 0. The highest BCUT2D eigenvalue weighted by atomic mass is 16.5. The van der Waals surface area contributed by atoms with Crippen LogP contribution in [0.15, 0.2) is 11.3 Å². The van der Waals surface area contributed by atoms with Crippen molar-refractivity contribution in [3.05, 3.63) is 11.3 Å². The van der Waals surface area contributed by atoms with E-state index in [1.54, 1.807) is 0 Å². The average Bonchev–Trinajstić information content (AvgIpc) is 2.26. The summed E-state index contributed by atoms with van der Waals surface area (Å²) in [5.74, 6) is -0.595. The fraction of sp³-hybridized carbons (Fsp3) is 0.636. The molecule has 0 aliphatic heterocycles. The number of ether oxygens (including phenoxy) is 1. The SMILES string of the molecule is CCOC(C=O)=C1CCC(C(=O)O)CC1. The van der Waals surface area contributed by atoms with Crippen LogP contribution in [0.1, 0.15) is 32.6 Å². The summed E-state index contributed by atoms with van der Waals surface area (Å²) < 4.78 is 5.19. The first kappa shape index (κ1) is 11.8. The van der Waals surface area contributed by atoms with Crippen LogP contribution in [0, 0.1) is 5.92 Å². The summed E-state index contributed by atoms with van der Waals surface area (Å²) in [5.41, 5.74) is 0.962. The largest absolute Gasteiger partial charge is 0.491 e. The summed E-state index contributed by atoms with van der Waals surface area (Å²) in [5, 5.41) is 8.81. The third-order valence-electron chi connectivity index (χ3n) is 2.69. The number of aliphatic carboxylic acids is 1. The molecule has 1 aliphatic carbocycles. The number of carbonyl (C=O) groups excluding carboxylic acids is 1. The lowest BCUT2D eigenvalue weighted by Gasteiger charge is -2.21. The first-order valence-electron chi connectivity index (χ1n) is 5.21. The predicted octanol–water partition coefficient (Wildman–Crippen LogP) is 1.75. The quantitative estimate of drug-likeness (QED) is 0.438. The lowest BCUT2D eigenvalue weighted by atomic mass is 9.85. The van der Waals surface area contributed by atoms with Gasteiger partial charge in [-0.1, -0.05) is 0 Å². The second-order valence-electron chi connectivity index (χ2n) is 3.63. The Labute approximate surface area is 88.9 Å². The van der Waals surface area contributed by atoms with Gasteiger partial charge in [-0.2, -0.15) is 0 Å². The molecule has 15 heavy (non-hydrogen) atoms. The maximum atomic E-state index is 10.7. The molecule has 0 aromatic heterocycles. The minimum atomic E-state index is -0.738. The minimum absolute atomic E-state index is 0.261. The molecular weight excluding hydrogens is 196 g/mol. The van der Waals surface area contributed by atoms with E-state index >= 15 is 0 Å². The van der Waals surface area contributed by atoms with Gasteiger partial charge in [0, 0.05) is 0 Å². The fourth-order valence-electron chi connectivity index (χ4n) is 1.83. The highest BCUT2D eigenvalue weighted by Gasteiger charge is 2.24. The minimum Gasteiger partial charge on any atom is -0.491 e. The van der Waals surface area contributed by atoms with Gasteiger partial charge in [0.2, 0.25) is 0 Å². The van der Waals surface area contributed by atoms with E-state index in [9.17, 15) is 9.59 Å². The van der Waals surface area contributed by atoms with Gasteiger partial charge in [-0.25, -0.2) is 0 Å². The van der Waals surface area contributed by atoms with Crippen molar-refractivity contribution in [2.75, 3.05) is 6.61 Å². The Morgan fingerprint density at radius 1 is 1.53 bits per heavy atom. The second-order valence-corrected chi connectivity index (χ2v) is 3.63. The summed E-state index contributed by atoms with van der Waals surface area (Å²) in [6.07, 6.45) is 3.25. The Hall–Kier alpha value is -1.32. The van der Waals surface area contributed by atoms with Crippen molar-refractivity contribution in [1.29, 1.82) is 0 Å². The van der Waals surface area contributed by atoms with Crippen LogP contribution in [0.2, 0.25) is 0 Å². The highest BCUT2D eigenvalue weighted by Crippen LogP contribution is 2.30. The van der Waals surface area contributed by atoms with Crippen molar-refractivity contribution < 1.29 is 19.4 Å². The van der Waals surface area contributed by atoms with Crippen LogP contribution in [-0.2, 0) is 14.3 Å². The molecule has 4 heteroatoms. The molecule has 0 aromatic carbocycles. The van der Waals surface area contributed by atoms with E-state index in [1.807, 2.05) is 6.92 Å². The molecule has 0 saturated heterocycles. The van der Waals surface area contributed by atoms with Gasteiger partial charge in [0.1, 0.15) is 0 Å². The number of allylic oxidation sites excluding steroid dienone is 2. The molecule has 0 spiro atoms. The van der Waals surface area contributed by atoms with Gasteiger partial charge in [0.05, 0.1) is 12.5 Å². The second kappa shape index (κ2) is 5.53. The van der Waals surface area contributed by atoms with E-state index in [2.05, 4.69) is 0 Å². The lowest BCUT2D eigenvalue weighted by Crippen LogP contribution is -2.18. The smallest absolute Gasteiger partial charge is 0.306 e. The van der Waals surface area contributed by atoms with Gasteiger partial charge >= 0.3 is 5.97 Å². The molecular formula is C11H16O4. The predicted molar refractivity (Wildman–Crippen MR) is 54.3 cm³/mol. The third kappa shape index (κ3) is 3.08. The van der Waals surface area contributed by atoms with E-state index in [0.717, 1.165) is 11.9 Å². The molecule has 4 nitrogen and oxygen atoms in total. The maximum Gasteiger partial charge on any atom is 0.306 e. The molecule has 1 rings (SSSR count). The fourth-order valence-corrected chi connectivity index (χ4v) is 1.83. The molecule has 0 radical (unpaired) electrons. The normalized spacial score (nSPS) is 20.9. The number of carboxylic acid groups (broad SMARTS) is 1. The van der Waals surface area contributed by atoms with Gasteiger partial charge in [-0.15, -0.1) is 0 Å². The number of hydrogen-bond acceptors (Lipinski definition) is 3. The zero-order valence-electron chi connectivity index (χ0n) is 8.86. The first-order chi connectivity index (χ1) is 7.19. The molecule has 0 unspecified atom stereocenters. The van der Waals surface area contributed by atoms with Crippen molar-refractivity contribution in [2.24, 2.45) is 5.92 Å². The van der Waals surface area contributed by atoms with E-state index in [0.29, 0.717) is 38.0 Å². The molecule has 1 saturated carbocycles. The van der Waals surface area contributed by atoms with Crippen LogP contribution in [-0.4, -0.2) is 24.0 Å². The van der Waals surface area contributed by atoms with Crippen LogP contribution in [0.25, 0.3) is 0 Å². The Kier molecular flexibility index (Phi) is 4.34.